The molecule has 2 aromatic carbocycles. The first kappa shape index (κ1) is 21.3. The van der Waals surface area contributed by atoms with E-state index in [2.05, 4.69) is 10.6 Å². The highest BCUT2D eigenvalue weighted by Crippen LogP contribution is 2.08. The van der Waals surface area contributed by atoms with E-state index >= 15 is 0 Å². The van der Waals surface area contributed by atoms with Gasteiger partial charge in [0, 0.05) is 6.54 Å². The Morgan fingerprint density at radius 1 is 0.893 bits per heavy atom. The summed E-state index contributed by atoms with van der Waals surface area (Å²) >= 11 is 0. The van der Waals surface area contributed by atoms with Gasteiger partial charge in [-0.1, -0.05) is 60.7 Å². The Bertz CT molecular complexity index is 742. The number of benzene rings is 2. The molecule has 2 aromatic rings. The summed E-state index contributed by atoms with van der Waals surface area (Å²) in [5.41, 5.74) is 1.37. The zero-order valence-electron chi connectivity index (χ0n) is 16.6. The zero-order valence-corrected chi connectivity index (χ0v) is 16.6. The van der Waals surface area contributed by atoms with Gasteiger partial charge in [0.05, 0.1) is 6.04 Å². The molecule has 1 atom stereocenters. The summed E-state index contributed by atoms with van der Waals surface area (Å²) in [7, 11) is 0. The summed E-state index contributed by atoms with van der Waals surface area (Å²) in [6.07, 6.45) is -0.502. The van der Waals surface area contributed by atoms with E-state index in [1.807, 2.05) is 60.7 Å². The van der Waals surface area contributed by atoms with Crippen molar-refractivity contribution < 1.29 is 19.1 Å². The van der Waals surface area contributed by atoms with Gasteiger partial charge >= 0.3 is 12.2 Å². The summed E-state index contributed by atoms with van der Waals surface area (Å²) in [4.78, 5) is 24.1. The number of rotatable bonds is 7. The predicted molar refractivity (Wildman–Crippen MR) is 108 cm³/mol. The third-order valence-corrected chi connectivity index (χ3v) is 3.75. The maximum absolute atomic E-state index is 12.2. The fourth-order valence-electron chi connectivity index (χ4n) is 2.53. The number of hydrogen-bond acceptors (Lipinski definition) is 4. The minimum Gasteiger partial charge on any atom is -0.445 e. The topological polar surface area (TPSA) is 76.7 Å². The molecule has 0 aliphatic heterocycles. The van der Waals surface area contributed by atoms with E-state index < -0.39 is 17.8 Å². The van der Waals surface area contributed by atoms with Crippen LogP contribution in [0.4, 0.5) is 9.59 Å². The third-order valence-electron chi connectivity index (χ3n) is 3.75. The van der Waals surface area contributed by atoms with Crippen LogP contribution in [-0.4, -0.2) is 30.4 Å². The van der Waals surface area contributed by atoms with Crippen LogP contribution >= 0.6 is 0 Å². The molecule has 2 N–H and O–H groups in total. The van der Waals surface area contributed by atoms with Crippen molar-refractivity contribution in [3.8, 4) is 0 Å². The highest BCUT2D eigenvalue weighted by atomic mass is 16.6. The molecule has 0 fully saturated rings. The lowest BCUT2D eigenvalue weighted by Gasteiger charge is -2.22. The molecule has 0 spiro atoms. The second-order valence-corrected chi connectivity index (χ2v) is 7.48. The Kier molecular flexibility index (Phi) is 7.87. The number of carbonyl (C=O) groups is 2. The molecule has 2 rings (SSSR count). The van der Waals surface area contributed by atoms with Gasteiger partial charge < -0.3 is 20.1 Å². The van der Waals surface area contributed by atoms with E-state index in [0.717, 1.165) is 11.1 Å². The molecule has 0 aliphatic carbocycles. The average molecular weight is 384 g/mol. The molecule has 0 saturated carbocycles. The predicted octanol–water partition coefficient (Wildman–Crippen LogP) is 4.05. The highest BCUT2D eigenvalue weighted by molar-refractivity contribution is 5.69. The summed E-state index contributed by atoms with van der Waals surface area (Å²) in [5.74, 6) is 0. The monoisotopic (exact) mass is 384 g/mol. The minimum atomic E-state index is -0.582. The maximum atomic E-state index is 12.2. The van der Waals surface area contributed by atoms with Gasteiger partial charge in [0.15, 0.2) is 0 Å². The first-order valence-corrected chi connectivity index (χ1v) is 9.30. The van der Waals surface area contributed by atoms with Crippen molar-refractivity contribution in [2.75, 3.05) is 6.54 Å². The van der Waals surface area contributed by atoms with E-state index in [9.17, 15) is 9.59 Å². The fraction of sp³-hybridized carbons (Fsp3) is 0.364. The van der Waals surface area contributed by atoms with Gasteiger partial charge in [-0.25, -0.2) is 9.59 Å². The normalized spacial score (nSPS) is 12.0. The van der Waals surface area contributed by atoms with Crippen molar-refractivity contribution in [2.24, 2.45) is 0 Å². The maximum Gasteiger partial charge on any atom is 0.407 e. The molecule has 150 valence electrons. The Balaban J connectivity index is 1.91. The van der Waals surface area contributed by atoms with Gasteiger partial charge in [-0.2, -0.15) is 0 Å². The largest absolute Gasteiger partial charge is 0.445 e. The van der Waals surface area contributed by atoms with E-state index in [1.54, 1.807) is 20.8 Å². The van der Waals surface area contributed by atoms with Gasteiger partial charge in [-0.05, 0) is 38.3 Å². The van der Waals surface area contributed by atoms with Crippen LogP contribution in [0.15, 0.2) is 60.7 Å². The summed E-state index contributed by atoms with van der Waals surface area (Å²) < 4.78 is 10.5. The van der Waals surface area contributed by atoms with Crippen LogP contribution in [0, 0.1) is 0 Å². The first-order chi connectivity index (χ1) is 13.3. The molecule has 0 unspecified atom stereocenters. The summed E-state index contributed by atoms with van der Waals surface area (Å²) in [6.45, 7) is 5.81. The number of hydrogen-bond donors (Lipinski definition) is 2. The Hall–Kier alpha value is -3.02. The molecule has 6 heteroatoms. The number of amides is 2. The smallest absolute Gasteiger partial charge is 0.407 e. The minimum absolute atomic E-state index is 0.185. The zero-order chi connectivity index (χ0) is 20.4. The van der Waals surface area contributed by atoms with Crippen LogP contribution in [0.2, 0.25) is 0 Å². The van der Waals surface area contributed by atoms with Crippen molar-refractivity contribution >= 4 is 12.2 Å². The first-order valence-electron chi connectivity index (χ1n) is 9.30. The average Bonchev–Trinajstić information content (AvgIpc) is 2.65. The lowest BCUT2D eigenvalue weighted by molar-refractivity contribution is 0.0520. The molecule has 28 heavy (non-hydrogen) atoms. The second-order valence-electron chi connectivity index (χ2n) is 7.48. The highest BCUT2D eigenvalue weighted by Gasteiger charge is 2.19. The Morgan fingerprint density at radius 2 is 1.46 bits per heavy atom. The van der Waals surface area contributed by atoms with Gasteiger partial charge in [0.2, 0.25) is 0 Å². The lowest BCUT2D eigenvalue weighted by Crippen LogP contribution is -2.46. The standard InChI is InChI=1S/C22H28N2O4/c1-22(2,3)28-20(25)23-15-19(14-17-10-6-4-7-11-17)24-21(26)27-16-18-12-8-5-9-13-18/h4-13,19H,14-16H2,1-3H3,(H,23,25)(H,24,26)/t19-/m0/s1. The van der Waals surface area contributed by atoms with Crippen LogP contribution < -0.4 is 10.6 Å². The molecule has 6 nitrogen and oxygen atoms in total. The molecule has 0 aromatic heterocycles. The van der Waals surface area contributed by atoms with Gasteiger partial charge in [-0.3, -0.25) is 0 Å². The summed E-state index contributed by atoms with van der Waals surface area (Å²) in [6, 6.07) is 18.9. The summed E-state index contributed by atoms with van der Waals surface area (Å²) in [5, 5.41) is 5.53. The van der Waals surface area contributed by atoms with E-state index in [-0.39, 0.29) is 19.2 Å². The molecule has 0 heterocycles. The van der Waals surface area contributed by atoms with Crippen LogP contribution in [0.1, 0.15) is 31.9 Å². The molecule has 0 radical (unpaired) electrons. The Labute approximate surface area is 166 Å². The van der Waals surface area contributed by atoms with E-state index in [0.29, 0.717) is 6.42 Å². The van der Waals surface area contributed by atoms with E-state index in [1.165, 1.54) is 0 Å². The van der Waals surface area contributed by atoms with Crippen molar-refractivity contribution in [1.82, 2.24) is 10.6 Å². The van der Waals surface area contributed by atoms with Crippen LogP contribution in [-0.2, 0) is 22.5 Å². The van der Waals surface area contributed by atoms with Crippen molar-refractivity contribution in [3.63, 3.8) is 0 Å². The molecule has 2 amide bonds. The van der Waals surface area contributed by atoms with Gasteiger partial charge in [-0.15, -0.1) is 0 Å². The van der Waals surface area contributed by atoms with Crippen molar-refractivity contribution in [3.05, 3.63) is 71.8 Å². The lowest BCUT2D eigenvalue weighted by atomic mass is 10.1. The second kappa shape index (κ2) is 10.3. The quantitative estimate of drug-likeness (QED) is 0.755. The molecular formula is C22H28N2O4. The van der Waals surface area contributed by atoms with Crippen molar-refractivity contribution in [2.45, 2.75) is 45.4 Å². The van der Waals surface area contributed by atoms with Gasteiger partial charge in [0.1, 0.15) is 12.2 Å². The number of alkyl carbamates (subject to hydrolysis) is 2. The Morgan fingerprint density at radius 3 is 2.04 bits per heavy atom. The van der Waals surface area contributed by atoms with Crippen LogP contribution in [0.3, 0.4) is 0 Å². The SMILES string of the molecule is CC(C)(C)OC(=O)NC[C@H](Cc1ccccc1)NC(=O)OCc1ccccc1. The number of nitrogens with one attached hydrogen (secondary N) is 2. The number of carbonyl (C=O) groups excluding carboxylic acids is 2. The van der Waals surface area contributed by atoms with Gasteiger partial charge in [0.25, 0.3) is 0 Å². The third kappa shape index (κ3) is 8.58. The fourth-order valence-corrected chi connectivity index (χ4v) is 2.53. The van der Waals surface area contributed by atoms with Crippen LogP contribution in [0.5, 0.6) is 0 Å². The molecule has 0 bridgehead atoms. The van der Waals surface area contributed by atoms with Crippen LogP contribution in [0.25, 0.3) is 0 Å². The van der Waals surface area contributed by atoms with E-state index in [4.69, 9.17) is 9.47 Å². The number of ether oxygens (including phenoxy) is 2. The molecular weight excluding hydrogens is 356 g/mol. The molecule has 0 saturated heterocycles. The van der Waals surface area contributed by atoms with Crippen molar-refractivity contribution in [1.29, 1.82) is 0 Å². The molecule has 0 aliphatic rings.